The Morgan fingerprint density at radius 1 is 1.42 bits per heavy atom. The molecule has 1 unspecified atom stereocenters. The molecule has 31 heavy (non-hydrogen) atoms. The van der Waals surface area contributed by atoms with Crippen LogP contribution in [0.25, 0.3) is 22.4 Å². The van der Waals surface area contributed by atoms with Gasteiger partial charge in [0.25, 0.3) is 0 Å². The third-order valence-corrected chi connectivity index (χ3v) is 5.26. The molecular formula is C21H24ClFN6O2. The standard InChI is InChI=1S/C21H24ClFN6O2/c1-12(2)5-18(30)29-3-4-31-14(11-29)8-25-21-17(23)10-27-20(28-21)16-9-26-19-15(16)6-13(22)7-24-19/h6-7,9-10,12,14H,3-5,8,11H2,1-2H3,(H,24,26)(H,25,27,28). The number of halogens is 2. The van der Waals surface area contributed by atoms with Crippen molar-refractivity contribution in [1.29, 1.82) is 0 Å². The second-order valence-electron chi connectivity index (χ2n) is 7.95. The number of fused-ring (bicyclic) bond motifs is 1. The third-order valence-electron chi connectivity index (χ3n) is 5.05. The lowest BCUT2D eigenvalue weighted by Gasteiger charge is -2.33. The van der Waals surface area contributed by atoms with Crippen molar-refractivity contribution in [3.8, 4) is 11.4 Å². The van der Waals surface area contributed by atoms with Crippen LogP contribution in [0.4, 0.5) is 10.2 Å². The van der Waals surface area contributed by atoms with E-state index in [-0.39, 0.29) is 17.8 Å². The van der Waals surface area contributed by atoms with Crippen LogP contribution >= 0.6 is 11.6 Å². The molecule has 3 aromatic heterocycles. The highest BCUT2D eigenvalue weighted by atomic mass is 35.5. The summed E-state index contributed by atoms with van der Waals surface area (Å²) in [4.78, 5) is 29.9. The molecule has 1 aliphatic rings. The van der Waals surface area contributed by atoms with Crippen LogP contribution in [-0.2, 0) is 9.53 Å². The summed E-state index contributed by atoms with van der Waals surface area (Å²) in [5.41, 5.74) is 1.32. The van der Waals surface area contributed by atoms with Crippen molar-refractivity contribution in [3.05, 3.63) is 35.5 Å². The van der Waals surface area contributed by atoms with Crippen molar-refractivity contribution in [3.63, 3.8) is 0 Å². The highest BCUT2D eigenvalue weighted by molar-refractivity contribution is 6.31. The van der Waals surface area contributed by atoms with E-state index in [0.717, 1.165) is 11.6 Å². The molecule has 8 nitrogen and oxygen atoms in total. The zero-order valence-corrected chi connectivity index (χ0v) is 18.1. The number of carbonyl (C=O) groups is 1. The Morgan fingerprint density at radius 2 is 2.26 bits per heavy atom. The van der Waals surface area contributed by atoms with Crippen LogP contribution in [0.15, 0.2) is 24.7 Å². The summed E-state index contributed by atoms with van der Waals surface area (Å²) in [6, 6.07) is 1.76. The van der Waals surface area contributed by atoms with Crippen molar-refractivity contribution in [1.82, 2.24) is 24.8 Å². The van der Waals surface area contributed by atoms with E-state index in [9.17, 15) is 9.18 Å². The molecule has 0 radical (unpaired) electrons. The third kappa shape index (κ3) is 4.94. The largest absolute Gasteiger partial charge is 0.373 e. The molecule has 4 rings (SSSR count). The number of anilines is 1. The number of H-pyrrole nitrogens is 1. The minimum Gasteiger partial charge on any atom is -0.373 e. The number of nitrogens with zero attached hydrogens (tertiary/aromatic N) is 4. The van der Waals surface area contributed by atoms with Gasteiger partial charge in [0.2, 0.25) is 5.91 Å². The molecule has 164 valence electrons. The van der Waals surface area contributed by atoms with E-state index >= 15 is 0 Å². The zero-order valence-electron chi connectivity index (χ0n) is 17.4. The molecule has 0 saturated carbocycles. The van der Waals surface area contributed by atoms with Gasteiger partial charge in [0, 0.05) is 49.4 Å². The maximum Gasteiger partial charge on any atom is 0.222 e. The van der Waals surface area contributed by atoms with Crippen LogP contribution in [0.1, 0.15) is 20.3 Å². The number of amides is 1. The molecule has 1 atom stereocenters. The Labute approximate surface area is 184 Å². The maximum atomic E-state index is 14.4. The molecule has 4 heterocycles. The van der Waals surface area contributed by atoms with Crippen molar-refractivity contribution < 1.29 is 13.9 Å². The Hall–Kier alpha value is -2.78. The van der Waals surface area contributed by atoms with E-state index in [1.54, 1.807) is 23.4 Å². The van der Waals surface area contributed by atoms with E-state index in [4.69, 9.17) is 16.3 Å². The van der Waals surface area contributed by atoms with Crippen molar-refractivity contribution in [2.75, 3.05) is 31.6 Å². The van der Waals surface area contributed by atoms with Gasteiger partial charge in [0.05, 0.1) is 23.9 Å². The number of carbonyl (C=O) groups excluding carboxylic acids is 1. The molecule has 1 aliphatic heterocycles. The van der Waals surface area contributed by atoms with Crippen LogP contribution in [0.2, 0.25) is 5.02 Å². The number of ether oxygens (including phenoxy) is 1. The smallest absolute Gasteiger partial charge is 0.222 e. The van der Waals surface area contributed by atoms with Crippen molar-refractivity contribution >= 4 is 34.4 Å². The zero-order chi connectivity index (χ0) is 22.0. The highest BCUT2D eigenvalue weighted by Crippen LogP contribution is 2.28. The molecule has 0 aliphatic carbocycles. The van der Waals surface area contributed by atoms with Gasteiger partial charge >= 0.3 is 0 Å². The van der Waals surface area contributed by atoms with Gasteiger partial charge in [0.15, 0.2) is 17.5 Å². The summed E-state index contributed by atoms with van der Waals surface area (Å²) in [6.07, 6.45) is 4.64. The number of nitrogens with one attached hydrogen (secondary N) is 2. The van der Waals surface area contributed by atoms with Crippen LogP contribution in [0.5, 0.6) is 0 Å². The van der Waals surface area contributed by atoms with Gasteiger partial charge in [-0.15, -0.1) is 0 Å². The van der Waals surface area contributed by atoms with E-state index in [2.05, 4.69) is 25.3 Å². The summed E-state index contributed by atoms with van der Waals surface area (Å²) in [7, 11) is 0. The van der Waals surface area contributed by atoms with Crippen molar-refractivity contribution in [2.45, 2.75) is 26.4 Å². The van der Waals surface area contributed by atoms with Gasteiger partial charge in [-0.3, -0.25) is 4.79 Å². The molecule has 1 amide bonds. The molecule has 0 spiro atoms. The number of hydrogen-bond acceptors (Lipinski definition) is 6. The molecule has 1 saturated heterocycles. The van der Waals surface area contributed by atoms with Gasteiger partial charge in [-0.25, -0.2) is 19.3 Å². The quantitative estimate of drug-likeness (QED) is 0.601. The summed E-state index contributed by atoms with van der Waals surface area (Å²) in [5, 5.41) is 4.24. The molecular weight excluding hydrogens is 423 g/mol. The fraction of sp³-hybridized carbons (Fsp3) is 0.429. The Bertz CT molecular complexity index is 1090. The van der Waals surface area contributed by atoms with Gasteiger partial charge in [0.1, 0.15) is 5.65 Å². The SMILES string of the molecule is CC(C)CC(=O)N1CCOC(CNc2nc(-c3c[nH]c4ncc(Cl)cc34)ncc2F)C1. The number of rotatable bonds is 6. The van der Waals surface area contributed by atoms with Gasteiger partial charge in [-0.2, -0.15) is 0 Å². The Morgan fingerprint density at radius 3 is 3.06 bits per heavy atom. The van der Waals surface area contributed by atoms with E-state index < -0.39 is 5.82 Å². The first-order chi connectivity index (χ1) is 14.9. The summed E-state index contributed by atoms with van der Waals surface area (Å²) in [6.45, 7) is 5.85. The first-order valence-electron chi connectivity index (χ1n) is 10.2. The molecule has 0 aromatic carbocycles. The lowest BCUT2D eigenvalue weighted by molar-refractivity contribution is -0.139. The van der Waals surface area contributed by atoms with Crippen molar-refractivity contribution in [2.24, 2.45) is 5.92 Å². The predicted molar refractivity (Wildman–Crippen MR) is 116 cm³/mol. The van der Waals surface area contributed by atoms with Crippen LogP contribution in [0.3, 0.4) is 0 Å². The monoisotopic (exact) mass is 446 g/mol. The van der Waals surface area contributed by atoms with E-state index in [0.29, 0.717) is 60.6 Å². The highest BCUT2D eigenvalue weighted by Gasteiger charge is 2.25. The fourth-order valence-corrected chi connectivity index (χ4v) is 3.70. The lowest BCUT2D eigenvalue weighted by Crippen LogP contribution is -2.48. The molecule has 1 fully saturated rings. The van der Waals surface area contributed by atoms with Gasteiger partial charge < -0.3 is 19.9 Å². The second kappa shape index (κ2) is 9.15. The van der Waals surface area contributed by atoms with Gasteiger partial charge in [-0.05, 0) is 12.0 Å². The number of aromatic nitrogens is 4. The average Bonchev–Trinajstić information content (AvgIpc) is 3.16. The van der Waals surface area contributed by atoms with E-state index in [1.165, 1.54) is 0 Å². The first-order valence-corrected chi connectivity index (χ1v) is 10.6. The Balaban J connectivity index is 1.47. The fourth-order valence-electron chi connectivity index (χ4n) is 3.54. The number of pyridine rings is 1. The Kier molecular flexibility index (Phi) is 6.33. The number of hydrogen-bond donors (Lipinski definition) is 2. The van der Waals surface area contributed by atoms with Gasteiger partial charge in [-0.1, -0.05) is 25.4 Å². The predicted octanol–water partition coefficient (Wildman–Crippen LogP) is 3.50. The summed E-state index contributed by atoms with van der Waals surface area (Å²) >= 11 is 6.06. The minimum atomic E-state index is -0.566. The molecule has 2 N–H and O–H groups in total. The van der Waals surface area contributed by atoms with E-state index in [1.807, 2.05) is 13.8 Å². The lowest BCUT2D eigenvalue weighted by atomic mass is 10.1. The van der Waals surface area contributed by atoms with Crippen LogP contribution in [-0.4, -0.2) is 63.1 Å². The second-order valence-corrected chi connectivity index (χ2v) is 8.39. The molecule has 3 aromatic rings. The molecule has 10 heteroatoms. The van der Waals surface area contributed by atoms with Crippen LogP contribution < -0.4 is 5.32 Å². The normalized spacial score (nSPS) is 16.8. The minimum absolute atomic E-state index is 0.0727. The number of aromatic amines is 1. The summed E-state index contributed by atoms with van der Waals surface area (Å²) < 4.78 is 20.1. The number of morpholine rings is 1. The first kappa shape index (κ1) is 21.5. The average molecular weight is 447 g/mol. The summed E-state index contributed by atoms with van der Waals surface area (Å²) in [5.74, 6) is 0.268. The maximum absolute atomic E-state index is 14.4. The van der Waals surface area contributed by atoms with Crippen LogP contribution in [0, 0.1) is 11.7 Å². The molecule has 0 bridgehead atoms. The topological polar surface area (TPSA) is 96.0 Å².